The van der Waals surface area contributed by atoms with Gasteiger partial charge in [-0.2, -0.15) is 0 Å². The minimum Gasteiger partial charge on any atom is -0.456 e. The lowest BCUT2D eigenvalue weighted by molar-refractivity contribution is 0.661. The lowest BCUT2D eigenvalue weighted by Crippen LogP contribution is -2.21. The van der Waals surface area contributed by atoms with Crippen LogP contribution in [0.5, 0.6) is 0 Å². The van der Waals surface area contributed by atoms with Crippen molar-refractivity contribution in [2.45, 2.75) is 19.3 Å². The summed E-state index contributed by atoms with van der Waals surface area (Å²) in [5.41, 5.74) is 12.7. The van der Waals surface area contributed by atoms with Gasteiger partial charge in [-0.1, -0.05) is 141 Å². The van der Waals surface area contributed by atoms with Gasteiger partial charge in [0.15, 0.2) is 0 Å². The van der Waals surface area contributed by atoms with E-state index in [0.29, 0.717) is 0 Å². The molecule has 0 amide bonds. The van der Waals surface area contributed by atoms with Crippen molar-refractivity contribution >= 4 is 60.5 Å². The third-order valence-corrected chi connectivity index (χ3v) is 10.6. The predicted octanol–water partition coefficient (Wildman–Crippen LogP) is 13.3. The van der Waals surface area contributed by atoms with E-state index >= 15 is 0 Å². The lowest BCUT2D eigenvalue weighted by Gasteiger charge is -2.34. The number of anilines is 3. The first-order chi connectivity index (χ1) is 24.1. The molecule has 1 aliphatic rings. The standard InChI is InChI=1S/C47H33NO/c1-47(2)39-23-9-7-19-34(39)37-22-12-26-42(46(37)47)48(40-25-11-17-30-14-5-6-18-33(30)40)41-24-10-8-20-35(41)36-21-13-27-43-45(36)38-28-31-15-3-4-16-32(31)29-44(38)49-43/h3-29H,1-2H3. The van der Waals surface area contributed by atoms with Crippen molar-refractivity contribution in [3.8, 4) is 22.3 Å². The molecule has 0 saturated carbocycles. The molecule has 1 aromatic heterocycles. The van der Waals surface area contributed by atoms with Crippen LogP contribution in [-0.4, -0.2) is 0 Å². The molecule has 1 heterocycles. The van der Waals surface area contributed by atoms with E-state index < -0.39 is 0 Å². The first-order valence-electron chi connectivity index (χ1n) is 17.0. The van der Waals surface area contributed by atoms with Crippen LogP contribution in [0.25, 0.3) is 65.7 Å². The van der Waals surface area contributed by atoms with Crippen molar-refractivity contribution in [2.24, 2.45) is 0 Å². The second kappa shape index (κ2) is 10.4. The van der Waals surface area contributed by atoms with Crippen LogP contribution in [0.1, 0.15) is 25.0 Å². The smallest absolute Gasteiger partial charge is 0.136 e. The summed E-state index contributed by atoms with van der Waals surface area (Å²) in [7, 11) is 0. The fraction of sp³-hybridized carbons (Fsp3) is 0.0638. The molecule has 0 atom stereocenters. The maximum absolute atomic E-state index is 6.56. The molecule has 49 heavy (non-hydrogen) atoms. The highest BCUT2D eigenvalue weighted by atomic mass is 16.3. The van der Waals surface area contributed by atoms with Crippen molar-refractivity contribution in [1.29, 1.82) is 0 Å². The summed E-state index contributed by atoms with van der Waals surface area (Å²) < 4.78 is 6.56. The fourth-order valence-electron chi connectivity index (χ4n) is 8.43. The quantitative estimate of drug-likeness (QED) is 0.193. The Balaban J connectivity index is 1.30. The normalized spacial score (nSPS) is 13.3. The molecule has 1 aliphatic carbocycles. The molecular formula is C47H33NO. The number of fused-ring (bicyclic) bond motifs is 8. The van der Waals surface area contributed by atoms with Crippen LogP contribution in [0, 0.1) is 0 Å². The van der Waals surface area contributed by atoms with Gasteiger partial charge in [-0.05, 0) is 80.4 Å². The van der Waals surface area contributed by atoms with Gasteiger partial charge >= 0.3 is 0 Å². The highest BCUT2D eigenvalue weighted by Crippen LogP contribution is 2.55. The van der Waals surface area contributed by atoms with Crippen LogP contribution in [0.3, 0.4) is 0 Å². The first kappa shape index (κ1) is 27.9. The van der Waals surface area contributed by atoms with Gasteiger partial charge in [0.05, 0.1) is 17.1 Å². The zero-order valence-corrected chi connectivity index (χ0v) is 27.4. The molecule has 0 bridgehead atoms. The summed E-state index contributed by atoms with van der Waals surface area (Å²) in [4.78, 5) is 2.51. The third-order valence-electron chi connectivity index (χ3n) is 10.6. The number of para-hydroxylation sites is 1. The molecule has 232 valence electrons. The molecule has 0 fully saturated rings. The number of nitrogens with zero attached hydrogens (tertiary/aromatic N) is 1. The number of furan rings is 1. The molecule has 0 saturated heterocycles. The Morgan fingerprint density at radius 1 is 0.429 bits per heavy atom. The van der Waals surface area contributed by atoms with E-state index in [1.165, 1.54) is 49.5 Å². The van der Waals surface area contributed by atoms with Gasteiger partial charge in [0, 0.05) is 27.1 Å². The van der Waals surface area contributed by atoms with E-state index in [-0.39, 0.29) is 5.41 Å². The zero-order chi connectivity index (χ0) is 32.7. The van der Waals surface area contributed by atoms with Gasteiger partial charge < -0.3 is 9.32 Å². The van der Waals surface area contributed by atoms with Gasteiger partial charge in [0.2, 0.25) is 0 Å². The zero-order valence-electron chi connectivity index (χ0n) is 27.4. The third kappa shape index (κ3) is 4.07. The summed E-state index contributed by atoms with van der Waals surface area (Å²) in [6, 6.07) is 59.5. The van der Waals surface area contributed by atoms with Crippen molar-refractivity contribution in [2.75, 3.05) is 4.90 Å². The molecule has 0 unspecified atom stereocenters. The average Bonchev–Trinajstić information content (AvgIpc) is 3.63. The molecule has 0 aliphatic heterocycles. The lowest BCUT2D eigenvalue weighted by atomic mass is 9.81. The Morgan fingerprint density at radius 3 is 1.90 bits per heavy atom. The van der Waals surface area contributed by atoms with Gasteiger partial charge in [-0.25, -0.2) is 0 Å². The largest absolute Gasteiger partial charge is 0.456 e. The Bertz CT molecular complexity index is 2760. The van der Waals surface area contributed by atoms with Crippen LogP contribution >= 0.6 is 0 Å². The van der Waals surface area contributed by atoms with Crippen LogP contribution in [0.15, 0.2) is 168 Å². The van der Waals surface area contributed by atoms with E-state index in [9.17, 15) is 0 Å². The summed E-state index contributed by atoms with van der Waals surface area (Å²) in [6.07, 6.45) is 0. The Kier molecular flexibility index (Phi) is 5.95. The minimum atomic E-state index is -0.192. The van der Waals surface area contributed by atoms with Gasteiger partial charge in [0.1, 0.15) is 11.2 Å². The monoisotopic (exact) mass is 627 g/mol. The summed E-state index contributed by atoms with van der Waals surface area (Å²) >= 11 is 0. The SMILES string of the molecule is CC1(C)c2ccccc2-c2cccc(N(c3ccccc3-c3cccc4oc5cc6ccccc6cc5c34)c3cccc4ccccc34)c21. The summed E-state index contributed by atoms with van der Waals surface area (Å²) in [5, 5.41) is 7.09. The average molecular weight is 628 g/mol. The van der Waals surface area contributed by atoms with Crippen molar-refractivity contribution in [3.63, 3.8) is 0 Å². The molecule has 0 spiro atoms. The van der Waals surface area contributed by atoms with E-state index in [0.717, 1.165) is 44.4 Å². The predicted molar refractivity (Wildman–Crippen MR) is 206 cm³/mol. The molecular weight excluding hydrogens is 595 g/mol. The molecule has 0 radical (unpaired) electrons. The Morgan fingerprint density at radius 2 is 1.02 bits per heavy atom. The number of rotatable bonds is 4. The number of hydrogen-bond acceptors (Lipinski definition) is 2. The molecule has 10 rings (SSSR count). The van der Waals surface area contributed by atoms with E-state index in [2.05, 4.69) is 183 Å². The number of benzene rings is 8. The minimum absolute atomic E-state index is 0.192. The van der Waals surface area contributed by atoms with Crippen LogP contribution in [-0.2, 0) is 5.41 Å². The van der Waals surface area contributed by atoms with Crippen LogP contribution in [0.2, 0.25) is 0 Å². The van der Waals surface area contributed by atoms with Gasteiger partial charge in [-0.3, -0.25) is 0 Å². The fourth-order valence-corrected chi connectivity index (χ4v) is 8.43. The molecule has 9 aromatic rings. The van der Waals surface area contributed by atoms with Gasteiger partial charge in [-0.15, -0.1) is 0 Å². The topological polar surface area (TPSA) is 16.4 Å². The molecule has 0 N–H and O–H groups in total. The van der Waals surface area contributed by atoms with Crippen molar-refractivity contribution in [1.82, 2.24) is 0 Å². The Labute approximate surface area is 285 Å². The molecule has 2 heteroatoms. The highest BCUT2D eigenvalue weighted by molar-refractivity contribution is 6.17. The summed E-state index contributed by atoms with van der Waals surface area (Å²) in [5.74, 6) is 0. The van der Waals surface area contributed by atoms with Crippen LogP contribution in [0.4, 0.5) is 17.1 Å². The second-order valence-corrected chi connectivity index (χ2v) is 13.7. The van der Waals surface area contributed by atoms with E-state index in [4.69, 9.17) is 4.42 Å². The van der Waals surface area contributed by atoms with Crippen LogP contribution < -0.4 is 4.90 Å². The summed E-state index contributed by atoms with van der Waals surface area (Å²) in [6.45, 7) is 4.74. The maximum atomic E-state index is 6.56. The molecule has 2 nitrogen and oxygen atoms in total. The molecule has 8 aromatic carbocycles. The second-order valence-electron chi connectivity index (χ2n) is 13.7. The first-order valence-corrected chi connectivity index (χ1v) is 17.0. The highest BCUT2D eigenvalue weighted by Gasteiger charge is 2.39. The van der Waals surface area contributed by atoms with E-state index in [1.54, 1.807) is 0 Å². The van der Waals surface area contributed by atoms with Crippen molar-refractivity contribution < 1.29 is 4.42 Å². The Hall–Kier alpha value is -6.12. The maximum Gasteiger partial charge on any atom is 0.136 e. The van der Waals surface area contributed by atoms with Gasteiger partial charge in [0.25, 0.3) is 0 Å². The van der Waals surface area contributed by atoms with Crippen molar-refractivity contribution in [3.05, 3.63) is 175 Å². The van der Waals surface area contributed by atoms with E-state index in [1.807, 2.05) is 0 Å². The number of hydrogen-bond donors (Lipinski definition) is 0.